The van der Waals surface area contributed by atoms with Gasteiger partial charge in [-0.2, -0.15) is 10.2 Å². The molecule has 1 aliphatic heterocycles. The molecule has 1 aliphatic rings. The Kier molecular flexibility index (Phi) is 3.75. The van der Waals surface area contributed by atoms with E-state index in [2.05, 4.69) is 67.5 Å². The fraction of sp³-hybridized carbons (Fsp3) is 0.300. The number of piperazine rings is 1. The molecule has 7 nitrogen and oxygen atoms in total. The number of fused-ring (bicyclic) bond motifs is 1. The zero-order valence-corrected chi connectivity index (χ0v) is 15.6. The number of H-pyrrole nitrogens is 2. The topological polar surface area (TPSA) is 68.8 Å². The number of nitrogens with one attached hydrogen (secondary N) is 2. The van der Waals surface area contributed by atoms with Crippen molar-refractivity contribution in [2.75, 3.05) is 38.1 Å². The Balaban J connectivity index is 1.50. The van der Waals surface area contributed by atoms with Crippen LogP contribution in [0.25, 0.3) is 33.5 Å². The minimum atomic E-state index is 0.899. The lowest BCUT2D eigenvalue weighted by molar-refractivity contribution is 0.313. The molecule has 4 heterocycles. The van der Waals surface area contributed by atoms with E-state index in [1.54, 1.807) is 4.68 Å². The van der Waals surface area contributed by atoms with Crippen LogP contribution < -0.4 is 4.90 Å². The number of aromatic amines is 2. The third kappa shape index (κ3) is 2.90. The van der Waals surface area contributed by atoms with Gasteiger partial charge in [-0.05, 0) is 31.3 Å². The highest BCUT2D eigenvalue weighted by molar-refractivity contribution is 5.96. The summed E-state index contributed by atoms with van der Waals surface area (Å²) in [6.07, 6.45) is 3.80. The van der Waals surface area contributed by atoms with E-state index in [4.69, 9.17) is 0 Å². The van der Waals surface area contributed by atoms with Gasteiger partial charge in [-0.3, -0.25) is 9.78 Å². The maximum Gasteiger partial charge on any atom is 0.0959 e. The largest absolute Gasteiger partial charge is 0.368 e. The number of rotatable bonds is 3. The fourth-order valence-electron chi connectivity index (χ4n) is 3.77. The normalized spacial score (nSPS) is 15.7. The highest BCUT2D eigenvalue weighted by atomic mass is 15.3. The molecule has 0 unspecified atom stereocenters. The summed E-state index contributed by atoms with van der Waals surface area (Å²) in [5.41, 5.74) is 6.39. The molecule has 1 aromatic carbocycles. The van der Waals surface area contributed by atoms with Gasteiger partial charge < -0.3 is 14.8 Å². The second-order valence-corrected chi connectivity index (χ2v) is 7.28. The second kappa shape index (κ2) is 6.28. The lowest BCUT2D eigenvalue weighted by Crippen LogP contribution is -2.44. The van der Waals surface area contributed by atoms with Crippen LogP contribution in [0, 0.1) is 0 Å². The zero-order valence-electron chi connectivity index (χ0n) is 15.6. The Labute approximate surface area is 157 Å². The molecule has 0 atom stereocenters. The first kappa shape index (κ1) is 16.1. The van der Waals surface area contributed by atoms with E-state index >= 15 is 0 Å². The molecule has 0 aliphatic carbocycles. The van der Waals surface area contributed by atoms with Crippen molar-refractivity contribution in [3.63, 3.8) is 0 Å². The van der Waals surface area contributed by atoms with Crippen LogP contribution in [0.2, 0.25) is 0 Å². The molecule has 0 radical (unpaired) electrons. The van der Waals surface area contributed by atoms with Gasteiger partial charge in [0.05, 0.1) is 23.3 Å². The Bertz CT molecular complexity index is 1080. The summed E-state index contributed by atoms with van der Waals surface area (Å²) < 4.78 is 1.79. The van der Waals surface area contributed by atoms with E-state index in [1.165, 1.54) is 11.1 Å². The fourth-order valence-corrected chi connectivity index (χ4v) is 3.77. The molecule has 7 heteroatoms. The molecule has 3 aromatic heterocycles. The highest BCUT2D eigenvalue weighted by Gasteiger charge is 2.18. The van der Waals surface area contributed by atoms with Gasteiger partial charge in [0.2, 0.25) is 0 Å². The molecule has 5 rings (SSSR count). The average molecular weight is 361 g/mol. The van der Waals surface area contributed by atoms with Crippen LogP contribution in [-0.2, 0) is 7.05 Å². The summed E-state index contributed by atoms with van der Waals surface area (Å²) in [6, 6.07) is 10.8. The van der Waals surface area contributed by atoms with Gasteiger partial charge in [0, 0.05) is 61.6 Å². The van der Waals surface area contributed by atoms with Gasteiger partial charge in [-0.25, -0.2) is 0 Å². The molecule has 1 fully saturated rings. The molecular formula is C20H23N7. The lowest BCUT2D eigenvalue weighted by atomic mass is 10.1. The summed E-state index contributed by atoms with van der Waals surface area (Å²) >= 11 is 0. The van der Waals surface area contributed by atoms with E-state index in [9.17, 15) is 0 Å². The molecule has 0 saturated carbocycles. The van der Waals surface area contributed by atoms with Crippen LogP contribution in [0.5, 0.6) is 0 Å². The summed E-state index contributed by atoms with van der Waals surface area (Å²) in [6.45, 7) is 4.32. The number of likely N-dealkylation sites (N-methyl/N-ethyl adjacent to an activating group) is 1. The van der Waals surface area contributed by atoms with Crippen molar-refractivity contribution in [3.05, 3.63) is 42.7 Å². The van der Waals surface area contributed by atoms with Crippen LogP contribution >= 0.6 is 0 Å². The molecular weight excluding hydrogens is 338 g/mol. The molecule has 0 amide bonds. The summed E-state index contributed by atoms with van der Waals surface area (Å²) in [7, 11) is 4.10. The Morgan fingerprint density at radius 2 is 1.85 bits per heavy atom. The highest BCUT2D eigenvalue weighted by Crippen LogP contribution is 2.32. The van der Waals surface area contributed by atoms with Crippen molar-refractivity contribution in [1.82, 2.24) is 29.9 Å². The standard InChI is InChI=1S/C20H23N7/c1-25-6-8-27(9-7-25)20-5-3-4-16-15(20)10-18(22-16)19-11-17(23-24-19)14-12-21-26(2)13-14/h3-5,10-13,22H,6-9H2,1-2H3,(H,23,24). The van der Waals surface area contributed by atoms with Gasteiger partial charge in [0.15, 0.2) is 0 Å². The molecule has 0 spiro atoms. The predicted molar refractivity (Wildman–Crippen MR) is 108 cm³/mol. The van der Waals surface area contributed by atoms with Gasteiger partial charge in [0.1, 0.15) is 0 Å². The maximum atomic E-state index is 4.45. The first-order valence-corrected chi connectivity index (χ1v) is 9.27. The van der Waals surface area contributed by atoms with Crippen LogP contribution in [0.3, 0.4) is 0 Å². The number of benzene rings is 1. The SMILES string of the molecule is CN1CCN(c2cccc3[nH]c(-c4cc(-c5cnn(C)c5)n[nH]4)cc23)CC1. The number of hydrogen-bond donors (Lipinski definition) is 2. The smallest absolute Gasteiger partial charge is 0.0959 e. The quantitative estimate of drug-likeness (QED) is 0.589. The van der Waals surface area contributed by atoms with Gasteiger partial charge in [-0.1, -0.05) is 6.07 Å². The predicted octanol–water partition coefficient (Wildman–Crippen LogP) is 2.71. The van der Waals surface area contributed by atoms with Crippen molar-refractivity contribution in [2.45, 2.75) is 0 Å². The number of nitrogens with zero attached hydrogens (tertiary/aromatic N) is 5. The second-order valence-electron chi connectivity index (χ2n) is 7.28. The molecule has 27 heavy (non-hydrogen) atoms. The third-order valence-electron chi connectivity index (χ3n) is 5.35. The number of anilines is 1. The number of hydrogen-bond acceptors (Lipinski definition) is 4. The number of aryl methyl sites for hydroxylation is 1. The summed E-state index contributed by atoms with van der Waals surface area (Å²) in [5.74, 6) is 0. The maximum absolute atomic E-state index is 4.45. The number of aromatic nitrogens is 5. The summed E-state index contributed by atoms with van der Waals surface area (Å²) in [4.78, 5) is 8.40. The average Bonchev–Trinajstić information content (AvgIpc) is 3.40. The molecule has 138 valence electrons. The molecule has 0 bridgehead atoms. The Morgan fingerprint density at radius 1 is 1.00 bits per heavy atom. The lowest BCUT2D eigenvalue weighted by Gasteiger charge is -2.34. The van der Waals surface area contributed by atoms with E-state index in [1.807, 2.05) is 19.4 Å². The van der Waals surface area contributed by atoms with Crippen molar-refractivity contribution in [3.8, 4) is 22.6 Å². The van der Waals surface area contributed by atoms with Crippen LogP contribution in [-0.4, -0.2) is 63.1 Å². The monoisotopic (exact) mass is 361 g/mol. The zero-order chi connectivity index (χ0) is 18.4. The molecule has 4 aromatic rings. The van der Waals surface area contributed by atoms with Gasteiger partial charge in [0.25, 0.3) is 0 Å². The minimum Gasteiger partial charge on any atom is -0.368 e. The van der Waals surface area contributed by atoms with Gasteiger partial charge >= 0.3 is 0 Å². The van der Waals surface area contributed by atoms with Crippen molar-refractivity contribution >= 4 is 16.6 Å². The van der Waals surface area contributed by atoms with Crippen molar-refractivity contribution in [2.24, 2.45) is 7.05 Å². The summed E-state index contributed by atoms with van der Waals surface area (Å²) in [5, 5.41) is 13.1. The van der Waals surface area contributed by atoms with Crippen molar-refractivity contribution in [1.29, 1.82) is 0 Å². The first-order valence-electron chi connectivity index (χ1n) is 9.27. The minimum absolute atomic E-state index is 0.899. The van der Waals surface area contributed by atoms with Gasteiger partial charge in [-0.15, -0.1) is 0 Å². The van der Waals surface area contributed by atoms with Crippen molar-refractivity contribution < 1.29 is 0 Å². The Hall–Kier alpha value is -3.06. The van der Waals surface area contributed by atoms with Crippen LogP contribution in [0.1, 0.15) is 0 Å². The Morgan fingerprint density at radius 3 is 2.63 bits per heavy atom. The van der Waals surface area contributed by atoms with Crippen LogP contribution in [0.15, 0.2) is 42.7 Å². The van der Waals surface area contributed by atoms with E-state index < -0.39 is 0 Å². The van der Waals surface area contributed by atoms with E-state index in [-0.39, 0.29) is 0 Å². The van der Waals surface area contributed by atoms with E-state index in [0.717, 1.165) is 54.3 Å². The van der Waals surface area contributed by atoms with E-state index in [0.29, 0.717) is 0 Å². The first-order chi connectivity index (χ1) is 13.2. The van der Waals surface area contributed by atoms with Crippen LogP contribution in [0.4, 0.5) is 5.69 Å². The molecule has 1 saturated heterocycles. The third-order valence-corrected chi connectivity index (χ3v) is 5.35. The molecule has 2 N–H and O–H groups in total.